The maximum atomic E-state index is 12.7. The zero-order valence-electron chi connectivity index (χ0n) is 8.32. The average Bonchev–Trinajstić information content (AvgIpc) is 2.25. The first-order valence-corrected chi connectivity index (χ1v) is 6.62. The minimum absolute atomic E-state index is 0.113. The molecule has 0 heterocycles. The summed E-state index contributed by atoms with van der Waals surface area (Å²) in [5.74, 6) is 0. The summed E-state index contributed by atoms with van der Waals surface area (Å²) in [6.45, 7) is -0.311. The number of nitrogens with zero attached hydrogens (tertiary/aromatic N) is 1. The zero-order valence-corrected chi connectivity index (χ0v) is 9.89. The number of hydrogen-bond acceptors (Lipinski definition) is 4. The minimum atomic E-state index is -4.09. The van der Waals surface area contributed by atoms with Crippen molar-refractivity contribution in [2.24, 2.45) is 5.73 Å². The van der Waals surface area contributed by atoms with Crippen LogP contribution < -0.4 is 5.73 Å². The highest BCUT2D eigenvalue weighted by molar-refractivity contribution is 8.13. The van der Waals surface area contributed by atoms with E-state index in [0.29, 0.717) is 0 Å². The molecule has 1 aromatic carbocycles. The molecule has 0 saturated carbocycles. The molecular formula is C9H7ClF2N2O2S. The van der Waals surface area contributed by atoms with Gasteiger partial charge in [-0.3, -0.25) is 0 Å². The van der Waals surface area contributed by atoms with Gasteiger partial charge in [-0.25, -0.2) is 17.2 Å². The summed E-state index contributed by atoms with van der Waals surface area (Å²) < 4.78 is 47.6. The topological polar surface area (TPSA) is 84.0 Å². The first-order valence-electron chi connectivity index (χ1n) is 4.31. The molecule has 0 saturated heterocycles. The lowest BCUT2D eigenvalue weighted by atomic mass is 10.0. The predicted octanol–water partition coefficient (Wildman–Crippen LogP) is 1.88. The number of halogens is 3. The van der Waals surface area contributed by atoms with Crippen LogP contribution in [0.4, 0.5) is 8.78 Å². The molecule has 4 nitrogen and oxygen atoms in total. The number of hydrogen-bond donors (Lipinski definition) is 1. The third kappa shape index (κ3) is 2.91. The van der Waals surface area contributed by atoms with Crippen molar-refractivity contribution in [3.05, 3.63) is 28.8 Å². The van der Waals surface area contributed by atoms with Gasteiger partial charge in [0.2, 0.25) is 0 Å². The van der Waals surface area contributed by atoms with E-state index < -0.39 is 31.5 Å². The van der Waals surface area contributed by atoms with Crippen molar-refractivity contribution in [1.29, 1.82) is 5.26 Å². The first kappa shape index (κ1) is 13.8. The van der Waals surface area contributed by atoms with Crippen LogP contribution in [-0.2, 0) is 15.6 Å². The van der Waals surface area contributed by atoms with Gasteiger partial charge in [0.25, 0.3) is 15.5 Å². The van der Waals surface area contributed by atoms with E-state index in [1.54, 1.807) is 0 Å². The molecule has 0 atom stereocenters. The molecule has 0 aliphatic heterocycles. The second kappa shape index (κ2) is 4.96. The minimum Gasteiger partial charge on any atom is -0.326 e. The molecule has 0 unspecified atom stereocenters. The van der Waals surface area contributed by atoms with Gasteiger partial charge < -0.3 is 5.73 Å². The molecule has 0 aromatic heterocycles. The van der Waals surface area contributed by atoms with Crippen molar-refractivity contribution in [1.82, 2.24) is 0 Å². The van der Waals surface area contributed by atoms with Crippen LogP contribution in [0.25, 0.3) is 0 Å². The number of alkyl halides is 2. The normalized spacial score (nSPS) is 11.5. The van der Waals surface area contributed by atoms with Crippen LogP contribution in [0.1, 0.15) is 23.1 Å². The van der Waals surface area contributed by atoms with Crippen molar-refractivity contribution >= 4 is 19.7 Å². The Labute approximate surface area is 101 Å². The van der Waals surface area contributed by atoms with Crippen molar-refractivity contribution in [3.63, 3.8) is 0 Å². The average molecular weight is 281 g/mol. The molecule has 0 aliphatic rings. The third-order valence-electron chi connectivity index (χ3n) is 2.08. The van der Waals surface area contributed by atoms with Crippen LogP contribution in [0.3, 0.4) is 0 Å². The van der Waals surface area contributed by atoms with Crippen molar-refractivity contribution in [2.45, 2.75) is 17.9 Å². The van der Waals surface area contributed by atoms with E-state index in [1.165, 1.54) is 6.07 Å². The highest BCUT2D eigenvalue weighted by Gasteiger charge is 2.22. The predicted molar refractivity (Wildman–Crippen MR) is 57.0 cm³/mol. The van der Waals surface area contributed by atoms with Crippen molar-refractivity contribution < 1.29 is 17.2 Å². The summed E-state index contributed by atoms with van der Waals surface area (Å²) in [7, 11) is 0.993. The van der Waals surface area contributed by atoms with Crippen LogP contribution in [0, 0.1) is 11.3 Å². The molecule has 8 heteroatoms. The van der Waals surface area contributed by atoms with Gasteiger partial charge >= 0.3 is 0 Å². The lowest BCUT2D eigenvalue weighted by molar-refractivity contribution is 0.150. The Bertz CT molecular complexity index is 581. The van der Waals surface area contributed by atoms with E-state index >= 15 is 0 Å². The molecule has 2 N–H and O–H groups in total. The van der Waals surface area contributed by atoms with Gasteiger partial charge in [0.05, 0.1) is 16.5 Å². The fraction of sp³-hybridized carbons (Fsp3) is 0.222. The summed E-state index contributed by atoms with van der Waals surface area (Å²) in [4.78, 5) is -0.416. The second-order valence-electron chi connectivity index (χ2n) is 3.10. The largest absolute Gasteiger partial charge is 0.326 e. The van der Waals surface area contributed by atoms with E-state index in [1.807, 2.05) is 0 Å². The Morgan fingerprint density at radius 1 is 1.47 bits per heavy atom. The van der Waals surface area contributed by atoms with Crippen LogP contribution >= 0.6 is 10.7 Å². The molecule has 0 amide bonds. The van der Waals surface area contributed by atoms with Gasteiger partial charge in [0, 0.05) is 22.8 Å². The van der Waals surface area contributed by atoms with Gasteiger partial charge in [-0.15, -0.1) is 0 Å². The lowest BCUT2D eigenvalue weighted by Crippen LogP contribution is -2.07. The zero-order chi connectivity index (χ0) is 13.2. The Morgan fingerprint density at radius 2 is 2.06 bits per heavy atom. The second-order valence-corrected chi connectivity index (χ2v) is 5.66. The lowest BCUT2D eigenvalue weighted by Gasteiger charge is -2.10. The summed E-state index contributed by atoms with van der Waals surface area (Å²) in [6.07, 6.45) is -2.91. The maximum Gasteiger partial charge on any atom is 0.265 e. The standard InChI is InChI=1S/C9H7ClF2N2O2S/c10-17(15,16)7-1-5(3-13)8(9(11)12)6(2-7)4-14/h1-2,9H,3,13H2. The Balaban J connectivity index is 3.63. The fourth-order valence-corrected chi connectivity index (χ4v) is 2.15. The molecule has 92 valence electrons. The highest BCUT2D eigenvalue weighted by Crippen LogP contribution is 2.30. The van der Waals surface area contributed by atoms with Gasteiger partial charge in [0.1, 0.15) is 0 Å². The molecule has 0 fully saturated rings. The molecule has 17 heavy (non-hydrogen) atoms. The van der Waals surface area contributed by atoms with Gasteiger partial charge in [-0.05, 0) is 17.7 Å². The first-order chi connectivity index (χ1) is 7.81. The van der Waals surface area contributed by atoms with Crippen LogP contribution in [0.5, 0.6) is 0 Å². The Morgan fingerprint density at radius 3 is 2.41 bits per heavy atom. The van der Waals surface area contributed by atoms with E-state index in [4.69, 9.17) is 21.7 Å². The van der Waals surface area contributed by atoms with E-state index in [9.17, 15) is 17.2 Å². The summed E-state index contributed by atoms with van der Waals surface area (Å²) in [5, 5.41) is 8.72. The quantitative estimate of drug-likeness (QED) is 0.857. The van der Waals surface area contributed by atoms with Crippen molar-refractivity contribution in [3.8, 4) is 6.07 Å². The molecule has 0 spiro atoms. The molecule has 0 bridgehead atoms. The number of rotatable bonds is 3. The number of benzene rings is 1. The number of nitriles is 1. The summed E-state index contributed by atoms with van der Waals surface area (Å²) in [6, 6.07) is 3.26. The highest BCUT2D eigenvalue weighted by atomic mass is 35.7. The Hall–Kier alpha value is -1.23. The summed E-state index contributed by atoms with van der Waals surface area (Å²) in [5.41, 5.74) is 4.13. The summed E-state index contributed by atoms with van der Waals surface area (Å²) >= 11 is 0. The molecular weight excluding hydrogens is 274 g/mol. The van der Waals surface area contributed by atoms with Crippen LogP contribution in [-0.4, -0.2) is 8.42 Å². The monoisotopic (exact) mass is 280 g/mol. The third-order valence-corrected chi connectivity index (χ3v) is 3.41. The van der Waals surface area contributed by atoms with E-state index in [2.05, 4.69) is 0 Å². The van der Waals surface area contributed by atoms with Crippen molar-refractivity contribution in [2.75, 3.05) is 0 Å². The molecule has 0 aliphatic carbocycles. The fourth-order valence-electron chi connectivity index (χ4n) is 1.34. The van der Waals surface area contributed by atoms with E-state index in [0.717, 1.165) is 12.1 Å². The van der Waals surface area contributed by atoms with E-state index in [-0.39, 0.29) is 12.1 Å². The Kier molecular flexibility index (Phi) is 4.03. The smallest absolute Gasteiger partial charge is 0.265 e. The molecule has 0 radical (unpaired) electrons. The van der Waals surface area contributed by atoms with Gasteiger partial charge in [-0.1, -0.05) is 0 Å². The van der Waals surface area contributed by atoms with Crippen LogP contribution in [0.15, 0.2) is 17.0 Å². The molecule has 1 aromatic rings. The van der Waals surface area contributed by atoms with Gasteiger partial charge in [-0.2, -0.15) is 5.26 Å². The number of nitrogens with two attached hydrogens (primary N) is 1. The van der Waals surface area contributed by atoms with Crippen LogP contribution in [0.2, 0.25) is 0 Å². The SMILES string of the molecule is N#Cc1cc(S(=O)(=O)Cl)cc(CN)c1C(F)F. The van der Waals surface area contributed by atoms with Gasteiger partial charge in [0.15, 0.2) is 0 Å². The molecule has 1 rings (SSSR count). The maximum absolute atomic E-state index is 12.7.